The molecular formula is C9H16NO7P. The summed E-state index contributed by atoms with van der Waals surface area (Å²) >= 11 is 0. The van der Waals surface area contributed by atoms with Crippen LogP contribution < -0.4 is 5.73 Å². The van der Waals surface area contributed by atoms with Crippen molar-refractivity contribution in [2.24, 2.45) is 11.7 Å². The van der Waals surface area contributed by atoms with Gasteiger partial charge in [-0.3, -0.25) is 14.2 Å². The maximum absolute atomic E-state index is 11.8. The van der Waals surface area contributed by atoms with Crippen LogP contribution in [0.2, 0.25) is 0 Å². The van der Waals surface area contributed by atoms with E-state index in [1.54, 1.807) is 0 Å². The largest absolute Gasteiger partial charge is 0.480 e. The van der Waals surface area contributed by atoms with E-state index in [2.05, 4.69) is 4.74 Å². The smallest absolute Gasteiger partial charge is 0.320 e. The number of hydrogen-bond acceptors (Lipinski definition) is 6. The van der Waals surface area contributed by atoms with E-state index in [1.165, 1.54) is 0 Å². The number of carboxylic acids is 1. The van der Waals surface area contributed by atoms with Crippen molar-refractivity contribution in [2.75, 3.05) is 12.8 Å². The van der Waals surface area contributed by atoms with Gasteiger partial charge in [0.1, 0.15) is 11.9 Å². The zero-order valence-corrected chi connectivity index (χ0v) is 10.5. The Morgan fingerprint density at radius 1 is 1.61 bits per heavy atom. The average molecular weight is 281 g/mol. The standard InChI is InChI=1S/C9H16NO7P/c10-6(8(12)13)1-2-18(15,16)9(14)5-3-7(11)17-4-5/h5-6,9,14H,1-4,10H2,(H,12,13)(H,15,16)/t5?,6-,9?/m0/s1. The van der Waals surface area contributed by atoms with Gasteiger partial charge in [0, 0.05) is 12.1 Å². The minimum Gasteiger partial charge on any atom is -0.480 e. The number of cyclic esters (lactones) is 1. The van der Waals surface area contributed by atoms with Crippen LogP contribution in [0.15, 0.2) is 0 Å². The highest BCUT2D eigenvalue weighted by Gasteiger charge is 2.40. The summed E-state index contributed by atoms with van der Waals surface area (Å²) in [5, 5.41) is 18.3. The number of ether oxygens (including phenoxy) is 1. The van der Waals surface area contributed by atoms with E-state index in [0.29, 0.717) is 0 Å². The third-order valence-electron chi connectivity index (χ3n) is 2.80. The molecule has 4 atom stereocenters. The van der Waals surface area contributed by atoms with Crippen LogP contribution in [0.4, 0.5) is 0 Å². The molecule has 1 saturated heterocycles. The van der Waals surface area contributed by atoms with Crippen molar-refractivity contribution in [1.82, 2.24) is 0 Å². The number of esters is 1. The third kappa shape index (κ3) is 3.78. The summed E-state index contributed by atoms with van der Waals surface area (Å²) in [7, 11) is -3.97. The molecule has 1 heterocycles. The lowest BCUT2D eigenvalue weighted by Gasteiger charge is -2.22. The monoisotopic (exact) mass is 281 g/mol. The fourth-order valence-electron chi connectivity index (χ4n) is 1.63. The average Bonchev–Trinajstić information content (AvgIpc) is 2.71. The molecule has 0 aliphatic carbocycles. The maximum atomic E-state index is 11.8. The van der Waals surface area contributed by atoms with E-state index in [0.717, 1.165) is 0 Å². The molecule has 5 N–H and O–H groups in total. The normalized spacial score (nSPS) is 26.2. The van der Waals surface area contributed by atoms with Gasteiger partial charge in [-0.15, -0.1) is 0 Å². The number of carbonyl (C=O) groups excluding carboxylic acids is 1. The second-order valence-electron chi connectivity index (χ2n) is 4.27. The lowest BCUT2D eigenvalue weighted by atomic mass is 10.1. The first-order chi connectivity index (χ1) is 8.24. The Hall–Kier alpha value is -0.950. The predicted molar refractivity (Wildman–Crippen MR) is 60.0 cm³/mol. The molecule has 1 aliphatic heterocycles. The lowest BCUT2D eigenvalue weighted by molar-refractivity contribution is -0.139. The molecule has 0 saturated carbocycles. The Morgan fingerprint density at radius 3 is 2.67 bits per heavy atom. The Morgan fingerprint density at radius 2 is 2.22 bits per heavy atom. The molecule has 1 rings (SSSR count). The van der Waals surface area contributed by atoms with E-state index < -0.39 is 43.3 Å². The zero-order valence-electron chi connectivity index (χ0n) is 9.56. The van der Waals surface area contributed by atoms with Crippen molar-refractivity contribution >= 4 is 19.3 Å². The SMILES string of the molecule is N[C@@H](CCP(=O)(O)C(O)C1COC(=O)C1)C(=O)O. The van der Waals surface area contributed by atoms with Crippen molar-refractivity contribution in [2.45, 2.75) is 24.7 Å². The summed E-state index contributed by atoms with van der Waals surface area (Å²) in [4.78, 5) is 31.0. The van der Waals surface area contributed by atoms with Gasteiger partial charge in [0.2, 0.25) is 7.37 Å². The molecule has 0 radical (unpaired) electrons. The van der Waals surface area contributed by atoms with Crippen molar-refractivity contribution < 1.29 is 34.0 Å². The summed E-state index contributed by atoms with van der Waals surface area (Å²) < 4.78 is 16.4. The van der Waals surface area contributed by atoms with Gasteiger partial charge in [-0.2, -0.15) is 0 Å². The third-order valence-corrected chi connectivity index (χ3v) is 4.95. The van der Waals surface area contributed by atoms with E-state index in [4.69, 9.17) is 10.8 Å². The Labute approximate surface area is 103 Å². The second kappa shape index (κ2) is 5.79. The Balaban J connectivity index is 2.54. The van der Waals surface area contributed by atoms with Crippen molar-refractivity contribution in [3.8, 4) is 0 Å². The maximum Gasteiger partial charge on any atom is 0.320 e. The van der Waals surface area contributed by atoms with Crippen LogP contribution in [-0.4, -0.2) is 51.7 Å². The fourth-order valence-corrected chi connectivity index (χ4v) is 3.40. The summed E-state index contributed by atoms with van der Waals surface area (Å²) in [5.41, 5.74) is 5.21. The molecule has 0 amide bonds. The highest BCUT2D eigenvalue weighted by atomic mass is 31.2. The molecule has 9 heteroatoms. The highest BCUT2D eigenvalue weighted by Crippen LogP contribution is 2.50. The van der Waals surface area contributed by atoms with Crippen molar-refractivity contribution in [3.05, 3.63) is 0 Å². The summed E-state index contributed by atoms with van der Waals surface area (Å²) in [6.45, 7) is -0.102. The van der Waals surface area contributed by atoms with E-state index in [1.807, 2.05) is 0 Å². The molecule has 0 aromatic carbocycles. The molecule has 3 unspecified atom stereocenters. The van der Waals surface area contributed by atoms with Gasteiger partial charge >= 0.3 is 11.9 Å². The summed E-state index contributed by atoms with van der Waals surface area (Å²) in [6.07, 6.45) is -0.745. The molecule has 0 aromatic heterocycles. The minimum atomic E-state index is -3.97. The molecule has 8 nitrogen and oxygen atoms in total. The van der Waals surface area contributed by atoms with Crippen LogP contribution in [0.1, 0.15) is 12.8 Å². The van der Waals surface area contributed by atoms with Gasteiger partial charge < -0.3 is 25.6 Å². The van der Waals surface area contributed by atoms with Gasteiger partial charge in [-0.25, -0.2) is 0 Å². The molecular weight excluding hydrogens is 265 g/mol. The highest BCUT2D eigenvalue weighted by molar-refractivity contribution is 7.58. The van der Waals surface area contributed by atoms with Crippen LogP contribution in [0.5, 0.6) is 0 Å². The van der Waals surface area contributed by atoms with Crippen LogP contribution in [0.25, 0.3) is 0 Å². The first-order valence-electron chi connectivity index (χ1n) is 5.37. The molecule has 0 aromatic rings. The van der Waals surface area contributed by atoms with E-state index >= 15 is 0 Å². The number of aliphatic carboxylic acids is 1. The molecule has 104 valence electrons. The number of aliphatic hydroxyl groups is 1. The molecule has 0 spiro atoms. The number of carbonyl (C=O) groups is 2. The first kappa shape index (κ1) is 15.1. The van der Waals surface area contributed by atoms with Crippen LogP contribution in [0, 0.1) is 5.92 Å². The fraction of sp³-hybridized carbons (Fsp3) is 0.778. The number of hydrogen-bond donors (Lipinski definition) is 4. The molecule has 1 aliphatic rings. The first-order valence-corrected chi connectivity index (χ1v) is 7.29. The van der Waals surface area contributed by atoms with Crippen LogP contribution >= 0.6 is 7.37 Å². The van der Waals surface area contributed by atoms with Gasteiger partial charge in [0.15, 0.2) is 0 Å². The number of rotatable bonds is 6. The van der Waals surface area contributed by atoms with Gasteiger partial charge in [0.25, 0.3) is 0 Å². The number of nitrogens with two attached hydrogens (primary N) is 1. The second-order valence-corrected chi connectivity index (χ2v) is 6.76. The number of carboxylic acid groups (broad SMARTS) is 1. The number of aliphatic hydroxyl groups excluding tert-OH is 1. The molecule has 1 fully saturated rings. The van der Waals surface area contributed by atoms with E-state index in [9.17, 15) is 24.2 Å². The van der Waals surface area contributed by atoms with Gasteiger partial charge in [-0.1, -0.05) is 0 Å². The quantitative estimate of drug-likeness (QED) is 0.356. The summed E-state index contributed by atoms with van der Waals surface area (Å²) in [6, 6.07) is -1.25. The molecule has 18 heavy (non-hydrogen) atoms. The topological polar surface area (TPSA) is 147 Å². The Bertz CT molecular complexity index is 385. The zero-order chi connectivity index (χ0) is 13.9. The minimum absolute atomic E-state index is 0.102. The van der Waals surface area contributed by atoms with Crippen LogP contribution in [0.3, 0.4) is 0 Å². The molecule has 0 bridgehead atoms. The Kier molecular flexibility index (Phi) is 4.86. The van der Waals surface area contributed by atoms with Crippen LogP contribution in [-0.2, 0) is 18.9 Å². The van der Waals surface area contributed by atoms with Gasteiger partial charge in [-0.05, 0) is 6.42 Å². The lowest BCUT2D eigenvalue weighted by Crippen LogP contribution is -2.32. The van der Waals surface area contributed by atoms with E-state index in [-0.39, 0.29) is 19.4 Å². The van der Waals surface area contributed by atoms with Crippen molar-refractivity contribution in [3.63, 3.8) is 0 Å². The summed E-state index contributed by atoms with van der Waals surface area (Å²) in [5.74, 6) is -4.12. The predicted octanol–water partition coefficient (Wildman–Crippen LogP) is -1.06. The van der Waals surface area contributed by atoms with Crippen molar-refractivity contribution in [1.29, 1.82) is 0 Å². The van der Waals surface area contributed by atoms with Gasteiger partial charge in [0.05, 0.1) is 13.0 Å².